The average molecular weight is 317 g/mol. The molecule has 0 saturated heterocycles. The molecule has 2 nitrogen and oxygen atoms in total. The number of allylic oxidation sites excluding steroid dienone is 4. The maximum Gasteiger partial charge on any atom is 0.174 e. The third kappa shape index (κ3) is 2.11. The van der Waals surface area contributed by atoms with Crippen molar-refractivity contribution in [2.75, 3.05) is 0 Å². The molecular weight excluding hydrogens is 304 g/mol. The van der Waals surface area contributed by atoms with Gasteiger partial charge in [0.2, 0.25) is 0 Å². The largest absolute Gasteiger partial charge is 0.294 e. The minimum atomic E-state index is -0.132. The van der Waals surface area contributed by atoms with E-state index in [-0.39, 0.29) is 35.2 Å². The lowest BCUT2D eigenvalue weighted by Crippen LogP contribution is -2.36. The molecule has 1 aromatic rings. The van der Waals surface area contributed by atoms with Crippen LogP contribution in [-0.2, 0) is 9.59 Å². The van der Waals surface area contributed by atoms with E-state index in [1.54, 1.807) is 18.2 Å². The van der Waals surface area contributed by atoms with Gasteiger partial charge in [-0.05, 0) is 48.6 Å². The second-order valence-electron chi connectivity index (χ2n) is 5.83. The first kappa shape index (κ1) is 13.4. The van der Waals surface area contributed by atoms with Crippen molar-refractivity contribution >= 4 is 34.9 Å². The van der Waals surface area contributed by atoms with Crippen molar-refractivity contribution in [1.82, 2.24) is 0 Å². The Bertz CT molecular complexity index is 689. The zero-order valence-corrected chi connectivity index (χ0v) is 12.7. The van der Waals surface area contributed by atoms with Crippen LogP contribution in [0.3, 0.4) is 0 Å². The number of benzene rings is 1. The molecule has 21 heavy (non-hydrogen) atoms. The summed E-state index contributed by atoms with van der Waals surface area (Å²) in [6, 6.07) is 7.34. The summed E-state index contributed by atoms with van der Waals surface area (Å²) in [5.41, 5.74) is 0. The summed E-state index contributed by atoms with van der Waals surface area (Å²) in [7, 11) is 0. The SMILES string of the molecule is O=C1C=C(Sc2ccc(Cl)cc2)C(=O)C2C3C=CC(C3)C12. The number of halogens is 1. The molecule has 0 N–H and O–H groups in total. The molecule has 4 atom stereocenters. The molecule has 0 aromatic heterocycles. The quantitative estimate of drug-likeness (QED) is 0.776. The third-order valence-electron chi connectivity index (χ3n) is 4.65. The first-order valence-electron chi connectivity index (χ1n) is 7.05. The van der Waals surface area contributed by atoms with Gasteiger partial charge in [0.05, 0.1) is 4.91 Å². The van der Waals surface area contributed by atoms with Crippen molar-refractivity contribution in [3.8, 4) is 0 Å². The Morgan fingerprint density at radius 3 is 2.38 bits per heavy atom. The second-order valence-corrected chi connectivity index (χ2v) is 7.38. The van der Waals surface area contributed by atoms with Gasteiger partial charge in [-0.15, -0.1) is 0 Å². The molecular formula is C17H13ClO2S. The summed E-state index contributed by atoms with van der Waals surface area (Å²) in [5.74, 6) is 0.541. The number of hydrogen-bond donors (Lipinski definition) is 0. The summed E-state index contributed by atoms with van der Waals surface area (Å²) >= 11 is 7.24. The molecule has 3 aliphatic carbocycles. The van der Waals surface area contributed by atoms with Crippen molar-refractivity contribution in [2.24, 2.45) is 23.7 Å². The Morgan fingerprint density at radius 2 is 1.67 bits per heavy atom. The maximum absolute atomic E-state index is 12.7. The van der Waals surface area contributed by atoms with Crippen molar-refractivity contribution in [2.45, 2.75) is 11.3 Å². The summed E-state index contributed by atoms with van der Waals surface area (Å²) in [4.78, 5) is 26.6. The third-order valence-corrected chi connectivity index (χ3v) is 5.95. The van der Waals surface area contributed by atoms with E-state index < -0.39 is 0 Å². The fraction of sp³-hybridized carbons (Fsp3) is 0.294. The van der Waals surface area contributed by atoms with Crippen molar-refractivity contribution in [3.05, 3.63) is 52.4 Å². The molecule has 4 unspecified atom stereocenters. The van der Waals surface area contributed by atoms with Gasteiger partial charge in [0.1, 0.15) is 0 Å². The molecule has 4 heteroatoms. The fourth-order valence-corrected chi connectivity index (χ4v) is 4.80. The number of fused-ring (bicyclic) bond motifs is 5. The molecule has 4 rings (SSSR count). The molecule has 1 aromatic carbocycles. The zero-order chi connectivity index (χ0) is 14.6. The number of carbonyl (C=O) groups excluding carboxylic acids is 2. The number of ketones is 2. The fourth-order valence-electron chi connectivity index (χ4n) is 3.74. The van der Waals surface area contributed by atoms with Gasteiger partial charge in [-0.2, -0.15) is 0 Å². The highest BCUT2D eigenvalue weighted by Crippen LogP contribution is 2.52. The smallest absolute Gasteiger partial charge is 0.174 e. The van der Waals surface area contributed by atoms with Crippen LogP contribution in [-0.4, -0.2) is 11.6 Å². The van der Waals surface area contributed by atoms with Gasteiger partial charge in [-0.25, -0.2) is 0 Å². The number of hydrogen-bond acceptors (Lipinski definition) is 3. The van der Waals surface area contributed by atoms with E-state index in [9.17, 15) is 9.59 Å². The van der Waals surface area contributed by atoms with Gasteiger partial charge in [0.15, 0.2) is 11.6 Å². The second kappa shape index (κ2) is 4.85. The lowest BCUT2D eigenvalue weighted by molar-refractivity contribution is -0.129. The molecule has 3 aliphatic rings. The molecule has 0 spiro atoms. The summed E-state index contributed by atoms with van der Waals surface area (Å²) in [5, 5.41) is 0.665. The normalized spacial score (nSPS) is 33.3. The molecule has 0 heterocycles. The highest BCUT2D eigenvalue weighted by Gasteiger charge is 2.53. The van der Waals surface area contributed by atoms with Crippen molar-refractivity contribution < 1.29 is 9.59 Å². The molecule has 1 fully saturated rings. The number of carbonyl (C=O) groups is 2. The van der Waals surface area contributed by atoms with Crippen molar-refractivity contribution in [3.63, 3.8) is 0 Å². The van der Waals surface area contributed by atoms with Gasteiger partial charge in [-0.1, -0.05) is 35.5 Å². The first-order valence-corrected chi connectivity index (χ1v) is 8.24. The van der Waals surface area contributed by atoms with Crippen LogP contribution >= 0.6 is 23.4 Å². The molecule has 0 radical (unpaired) electrons. The first-order chi connectivity index (χ1) is 10.1. The van der Waals surface area contributed by atoms with Crippen LogP contribution in [0.15, 0.2) is 52.3 Å². The summed E-state index contributed by atoms with van der Waals surface area (Å²) < 4.78 is 0. The van der Waals surface area contributed by atoms with Crippen LogP contribution in [0.2, 0.25) is 5.02 Å². The van der Waals surface area contributed by atoms with E-state index in [1.807, 2.05) is 12.1 Å². The lowest BCUT2D eigenvalue weighted by Gasteiger charge is -2.29. The van der Waals surface area contributed by atoms with E-state index in [0.29, 0.717) is 9.93 Å². The van der Waals surface area contributed by atoms with Crippen molar-refractivity contribution in [1.29, 1.82) is 0 Å². The Morgan fingerprint density at radius 1 is 1.00 bits per heavy atom. The number of rotatable bonds is 2. The molecule has 0 aliphatic heterocycles. The van der Waals surface area contributed by atoms with Crippen LogP contribution in [0.4, 0.5) is 0 Å². The summed E-state index contributed by atoms with van der Waals surface area (Å²) in [6.45, 7) is 0. The highest BCUT2D eigenvalue weighted by atomic mass is 35.5. The van der Waals surface area contributed by atoms with Crippen LogP contribution in [0.25, 0.3) is 0 Å². The Hall–Kier alpha value is -1.32. The minimum Gasteiger partial charge on any atom is -0.294 e. The monoisotopic (exact) mass is 316 g/mol. The van der Waals surface area contributed by atoms with Gasteiger partial charge < -0.3 is 0 Å². The van der Waals surface area contributed by atoms with Gasteiger partial charge in [0.25, 0.3) is 0 Å². The Labute approximate surface area is 132 Å². The molecule has 1 saturated carbocycles. The van der Waals surface area contributed by atoms with Crippen LogP contribution < -0.4 is 0 Å². The van der Waals surface area contributed by atoms with E-state index in [2.05, 4.69) is 12.2 Å². The number of Topliss-reactive ketones (excluding diaryl/α,β-unsaturated/α-hetero) is 1. The van der Waals surface area contributed by atoms with Gasteiger partial charge >= 0.3 is 0 Å². The zero-order valence-electron chi connectivity index (χ0n) is 11.2. The Balaban J connectivity index is 1.63. The van der Waals surface area contributed by atoms with E-state index in [0.717, 1.165) is 11.3 Å². The van der Waals surface area contributed by atoms with Crippen LogP contribution in [0.1, 0.15) is 6.42 Å². The predicted molar refractivity (Wildman–Crippen MR) is 83.1 cm³/mol. The summed E-state index contributed by atoms with van der Waals surface area (Å²) in [6.07, 6.45) is 6.74. The van der Waals surface area contributed by atoms with E-state index in [4.69, 9.17) is 11.6 Å². The average Bonchev–Trinajstić information content (AvgIpc) is 3.08. The predicted octanol–water partition coefficient (Wildman–Crippen LogP) is 3.91. The van der Waals surface area contributed by atoms with Gasteiger partial charge in [-0.3, -0.25) is 9.59 Å². The van der Waals surface area contributed by atoms with Crippen LogP contribution in [0, 0.1) is 23.7 Å². The maximum atomic E-state index is 12.7. The topological polar surface area (TPSA) is 34.1 Å². The lowest BCUT2D eigenvalue weighted by atomic mass is 9.75. The van der Waals surface area contributed by atoms with E-state index in [1.165, 1.54) is 11.8 Å². The Kier molecular flexibility index (Phi) is 3.09. The molecule has 0 amide bonds. The molecule has 2 bridgehead atoms. The minimum absolute atomic E-state index is 0.109. The number of thioether (sulfide) groups is 1. The highest BCUT2D eigenvalue weighted by molar-refractivity contribution is 8.04. The molecule has 106 valence electrons. The standard InChI is InChI=1S/C17H13ClO2S/c18-11-3-5-12(6-4-11)21-14-8-13(19)15-9-1-2-10(7-9)16(15)17(14)20/h1-6,8-10,15-16H,7H2. The van der Waals surface area contributed by atoms with Crippen LogP contribution in [0.5, 0.6) is 0 Å². The van der Waals surface area contributed by atoms with E-state index >= 15 is 0 Å². The van der Waals surface area contributed by atoms with Gasteiger partial charge in [0, 0.05) is 21.8 Å².